The number of benzene rings is 2. The van der Waals surface area contributed by atoms with Crippen LogP contribution in [0, 0.1) is 20.2 Å². The van der Waals surface area contributed by atoms with E-state index in [1.807, 2.05) is 0 Å². The van der Waals surface area contributed by atoms with E-state index in [2.05, 4.69) is 4.74 Å². The molecule has 9 heteroatoms. The molecule has 0 aliphatic heterocycles. The molecule has 2 aromatic carbocycles. The summed E-state index contributed by atoms with van der Waals surface area (Å²) in [6.45, 7) is 0. The van der Waals surface area contributed by atoms with E-state index >= 15 is 0 Å². The minimum atomic E-state index is -1.26. The zero-order valence-corrected chi connectivity index (χ0v) is 11.4. The van der Waals surface area contributed by atoms with E-state index in [0.717, 1.165) is 24.3 Å². The molecule has 0 aliphatic rings. The molecule has 2 rings (SSSR count). The van der Waals surface area contributed by atoms with Crippen molar-refractivity contribution >= 4 is 23.3 Å². The zero-order chi connectivity index (χ0) is 17.0. The molecule has 116 valence electrons. The maximum Gasteiger partial charge on any atom is 0.353 e. The summed E-state index contributed by atoms with van der Waals surface area (Å²) in [7, 11) is 0. The highest BCUT2D eigenvalue weighted by atomic mass is 16.6. The molecule has 0 aliphatic carbocycles. The van der Waals surface area contributed by atoms with Gasteiger partial charge in [-0.1, -0.05) is 24.3 Å². The smallest absolute Gasteiger partial charge is 0.353 e. The molecular weight excluding hydrogens is 308 g/mol. The number of carbonyl (C=O) groups is 2. The van der Waals surface area contributed by atoms with Gasteiger partial charge < -0.3 is 4.74 Å². The van der Waals surface area contributed by atoms with Crippen molar-refractivity contribution in [3.63, 3.8) is 0 Å². The van der Waals surface area contributed by atoms with Crippen LogP contribution in [0.15, 0.2) is 48.5 Å². The van der Waals surface area contributed by atoms with Gasteiger partial charge in [0, 0.05) is 12.1 Å². The highest BCUT2D eigenvalue weighted by Crippen LogP contribution is 2.22. The van der Waals surface area contributed by atoms with Gasteiger partial charge in [0.2, 0.25) is 0 Å². The van der Waals surface area contributed by atoms with Gasteiger partial charge in [-0.05, 0) is 12.1 Å². The Labute approximate surface area is 128 Å². The van der Waals surface area contributed by atoms with Gasteiger partial charge in [-0.2, -0.15) is 0 Å². The summed E-state index contributed by atoms with van der Waals surface area (Å²) in [6, 6.07) is 9.80. The van der Waals surface area contributed by atoms with Crippen LogP contribution in [-0.2, 0) is 4.74 Å². The van der Waals surface area contributed by atoms with Crippen LogP contribution in [0.3, 0.4) is 0 Å². The van der Waals surface area contributed by atoms with Crippen LogP contribution in [0.5, 0.6) is 0 Å². The highest BCUT2D eigenvalue weighted by Gasteiger charge is 2.26. The van der Waals surface area contributed by atoms with Crippen molar-refractivity contribution in [3.8, 4) is 0 Å². The maximum absolute atomic E-state index is 11.9. The number of nitro benzene ring substituents is 2. The van der Waals surface area contributed by atoms with Gasteiger partial charge in [-0.15, -0.1) is 0 Å². The number of ether oxygens (including phenoxy) is 1. The lowest BCUT2D eigenvalue weighted by Gasteiger charge is -2.04. The number of rotatable bonds is 4. The first-order chi connectivity index (χ1) is 10.9. The van der Waals surface area contributed by atoms with Gasteiger partial charge in [-0.25, -0.2) is 9.59 Å². The van der Waals surface area contributed by atoms with Crippen molar-refractivity contribution in [1.29, 1.82) is 0 Å². The summed E-state index contributed by atoms with van der Waals surface area (Å²) >= 11 is 0. The molecule has 0 heterocycles. The first-order valence-corrected chi connectivity index (χ1v) is 6.15. The van der Waals surface area contributed by atoms with Gasteiger partial charge >= 0.3 is 11.9 Å². The van der Waals surface area contributed by atoms with E-state index in [1.54, 1.807) is 0 Å². The van der Waals surface area contributed by atoms with Crippen LogP contribution >= 0.6 is 0 Å². The Kier molecular flexibility index (Phi) is 4.41. The summed E-state index contributed by atoms with van der Waals surface area (Å²) in [5.74, 6) is -2.53. The predicted molar refractivity (Wildman–Crippen MR) is 75.9 cm³/mol. The lowest BCUT2D eigenvalue weighted by Crippen LogP contribution is -2.15. The standard InChI is InChI=1S/C14H8N2O7/c17-13(9-5-1-3-7-11(9)15(19)20)23-14(18)10-6-2-4-8-12(10)16(21)22/h1-8H. The van der Waals surface area contributed by atoms with Crippen molar-refractivity contribution in [2.75, 3.05) is 0 Å². The molecule has 0 unspecified atom stereocenters. The summed E-state index contributed by atoms with van der Waals surface area (Å²) in [5, 5.41) is 21.7. The monoisotopic (exact) mass is 316 g/mol. The number of carbonyl (C=O) groups excluding carboxylic acids is 2. The van der Waals surface area contributed by atoms with Crippen LogP contribution < -0.4 is 0 Å². The zero-order valence-electron chi connectivity index (χ0n) is 11.4. The largest absolute Gasteiger partial charge is 0.385 e. The number of para-hydroxylation sites is 2. The van der Waals surface area contributed by atoms with Crippen molar-refractivity contribution in [2.24, 2.45) is 0 Å². The second-order valence-electron chi connectivity index (χ2n) is 4.23. The van der Waals surface area contributed by atoms with Crippen molar-refractivity contribution in [1.82, 2.24) is 0 Å². The molecule has 0 fully saturated rings. The van der Waals surface area contributed by atoms with Gasteiger partial charge in [0.15, 0.2) is 0 Å². The third-order valence-corrected chi connectivity index (χ3v) is 2.83. The van der Waals surface area contributed by atoms with Gasteiger partial charge in [0.1, 0.15) is 11.1 Å². The maximum atomic E-state index is 11.9. The van der Waals surface area contributed by atoms with E-state index in [4.69, 9.17) is 0 Å². The SMILES string of the molecule is O=C(OC(=O)c1ccccc1[N+](=O)[O-])c1ccccc1[N+](=O)[O-]. The van der Waals surface area contributed by atoms with Crippen LogP contribution in [0.25, 0.3) is 0 Å². The molecule has 0 saturated heterocycles. The number of nitro groups is 2. The minimum Gasteiger partial charge on any atom is -0.385 e. The van der Waals surface area contributed by atoms with E-state index in [9.17, 15) is 29.8 Å². The number of hydrogen-bond donors (Lipinski definition) is 0. The Morgan fingerprint density at radius 1 is 0.739 bits per heavy atom. The Morgan fingerprint density at radius 3 is 1.43 bits per heavy atom. The summed E-state index contributed by atoms with van der Waals surface area (Å²) in [4.78, 5) is 43.9. The molecule has 0 amide bonds. The molecule has 23 heavy (non-hydrogen) atoms. The molecule has 0 aromatic heterocycles. The van der Waals surface area contributed by atoms with E-state index < -0.39 is 44.3 Å². The summed E-state index contributed by atoms with van der Waals surface area (Å²) in [5.41, 5.74) is -1.92. The Bertz CT molecular complexity index is 749. The van der Waals surface area contributed by atoms with Crippen LogP contribution in [0.4, 0.5) is 11.4 Å². The quantitative estimate of drug-likeness (QED) is 0.366. The number of esters is 2. The number of hydrogen-bond acceptors (Lipinski definition) is 7. The van der Waals surface area contributed by atoms with Crippen molar-refractivity contribution in [3.05, 3.63) is 79.9 Å². The molecule has 2 aromatic rings. The van der Waals surface area contributed by atoms with Gasteiger partial charge in [-0.3, -0.25) is 20.2 Å². The summed E-state index contributed by atoms with van der Waals surface area (Å²) < 4.78 is 4.52. The average Bonchev–Trinajstić information content (AvgIpc) is 2.54. The third-order valence-electron chi connectivity index (χ3n) is 2.83. The van der Waals surface area contributed by atoms with Gasteiger partial charge in [0.05, 0.1) is 9.85 Å². The van der Waals surface area contributed by atoms with Crippen LogP contribution in [0.1, 0.15) is 20.7 Å². The highest BCUT2D eigenvalue weighted by molar-refractivity contribution is 6.05. The lowest BCUT2D eigenvalue weighted by molar-refractivity contribution is -0.385. The molecular formula is C14H8N2O7. The van der Waals surface area contributed by atoms with E-state index in [-0.39, 0.29) is 0 Å². The van der Waals surface area contributed by atoms with Crippen molar-refractivity contribution in [2.45, 2.75) is 0 Å². The molecule has 0 radical (unpaired) electrons. The first kappa shape index (κ1) is 15.8. The van der Waals surface area contributed by atoms with Crippen molar-refractivity contribution < 1.29 is 24.2 Å². The molecule has 9 nitrogen and oxygen atoms in total. The predicted octanol–water partition coefficient (Wildman–Crippen LogP) is 2.50. The molecule has 0 spiro atoms. The Balaban J connectivity index is 2.30. The minimum absolute atomic E-state index is 0.426. The number of nitrogens with zero attached hydrogens (tertiary/aromatic N) is 2. The molecule has 0 N–H and O–H groups in total. The fourth-order valence-corrected chi connectivity index (χ4v) is 1.81. The summed E-state index contributed by atoms with van der Waals surface area (Å²) in [6.07, 6.45) is 0. The Hall–Kier alpha value is -3.62. The van der Waals surface area contributed by atoms with Gasteiger partial charge in [0.25, 0.3) is 11.4 Å². The molecule has 0 atom stereocenters. The third kappa shape index (κ3) is 3.35. The van der Waals surface area contributed by atoms with Crippen LogP contribution in [-0.4, -0.2) is 21.8 Å². The van der Waals surface area contributed by atoms with E-state index in [1.165, 1.54) is 24.3 Å². The lowest BCUT2D eigenvalue weighted by atomic mass is 10.1. The average molecular weight is 316 g/mol. The topological polar surface area (TPSA) is 130 Å². The fourth-order valence-electron chi connectivity index (χ4n) is 1.81. The molecule has 0 saturated carbocycles. The fraction of sp³-hybridized carbons (Fsp3) is 0. The second kappa shape index (κ2) is 6.43. The van der Waals surface area contributed by atoms with E-state index in [0.29, 0.717) is 0 Å². The first-order valence-electron chi connectivity index (χ1n) is 6.15. The second-order valence-corrected chi connectivity index (χ2v) is 4.23. The molecule has 0 bridgehead atoms. The van der Waals surface area contributed by atoms with Crippen LogP contribution in [0.2, 0.25) is 0 Å². The Morgan fingerprint density at radius 2 is 1.09 bits per heavy atom. The normalized spacial score (nSPS) is 9.91.